The zero-order valence-corrected chi connectivity index (χ0v) is 71.0. The van der Waals surface area contributed by atoms with Crippen molar-refractivity contribution >= 4 is 131 Å². The maximum atomic E-state index is 5.83. The molecule has 0 aliphatic rings. The van der Waals surface area contributed by atoms with Crippen molar-refractivity contribution in [3.8, 4) is 125 Å². The van der Waals surface area contributed by atoms with Gasteiger partial charge in [0.15, 0.2) is 23.3 Å². The van der Waals surface area contributed by atoms with Crippen molar-refractivity contribution in [3.05, 3.63) is 443 Å². The molecular weight excluding hydrogens is 1610 g/mol. The topological polar surface area (TPSA) is 120 Å². The van der Waals surface area contributed by atoms with E-state index in [4.69, 9.17) is 34.9 Å². The van der Waals surface area contributed by atoms with E-state index in [0.29, 0.717) is 29.2 Å². The van der Waals surface area contributed by atoms with Crippen molar-refractivity contribution in [2.45, 2.75) is 0 Å². The predicted molar refractivity (Wildman–Crippen MR) is 541 cm³/mol. The molecule has 27 aromatic rings. The minimum atomic E-state index is 0.512. The van der Waals surface area contributed by atoms with Gasteiger partial charge in [-0.05, 0) is 174 Å². The fourth-order valence-corrected chi connectivity index (χ4v) is 20.5. The quantitative estimate of drug-likeness (QED) is 0.106. The molecule has 27 rings (SSSR count). The normalized spacial score (nSPS) is 11.9. The molecule has 0 fully saturated rings. The van der Waals surface area contributed by atoms with Gasteiger partial charge in [0.2, 0.25) is 5.95 Å². The van der Waals surface area contributed by atoms with Crippen molar-refractivity contribution in [1.29, 1.82) is 0 Å². The van der Waals surface area contributed by atoms with Crippen LogP contribution < -0.4 is 0 Å². The lowest BCUT2D eigenvalue weighted by molar-refractivity contribution is 0.953. The molecule has 0 amide bonds. The predicted octanol–water partition coefficient (Wildman–Crippen LogP) is 29.4. The zero-order valence-electron chi connectivity index (χ0n) is 71.0. The summed E-state index contributed by atoms with van der Waals surface area (Å²) in [7, 11) is 0. The average Bonchev–Trinajstić information content (AvgIpc) is 1.57. The Balaban J connectivity index is 0.552. The largest absolute Gasteiger partial charge is 0.309 e. The van der Waals surface area contributed by atoms with Crippen LogP contribution in [0.5, 0.6) is 0 Å². The molecule has 13 heteroatoms. The smallest absolute Gasteiger partial charge is 0.238 e. The summed E-state index contributed by atoms with van der Waals surface area (Å²) in [6, 6.07) is 158. The summed E-state index contributed by atoms with van der Waals surface area (Å²) in [4.78, 5) is 38.5. The number of para-hydroxylation sites is 8. The highest BCUT2D eigenvalue weighted by molar-refractivity contribution is 6.19. The van der Waals surface area contributed by atoms with E-state index in [0.717, 1.165) is 221 Å². The first-order valence-corrected chi connectivity index (χ1v) is 44.6. The van der Waals surface area contributed by atoms with E-state index in [1.54, 1.807) is 0 Å². The highest BCUT2D eigenvalue weighted by atomic mass is 15.2. The molecule has 0 spiro atoms. The van der Waals surface area contributed by atoms with Crippen LogP contribution in [0.15, 0.2) is 443 Å². The Morgan fingerprint density at radius 2 is 0.462 bits per heavy atom. The first kappa shape index (κ1) is 74.2. The highest BCUT2D eigenvalue weighted by Gasteiger charge is 2.29. The van der Waals surface area contributed by atoms with Gasteiger partial charge in [0.05, 0.1) is 77.5 Å². The summed E-state index contributed by atoms with van der Waals surface area (Å²) in [5.74, 6) is 2.94. The Kier molecular flexibility index (Phi) is 16.7. The molecule has 9 heterocycles. The van der Waals surface area contributed by atoms with E-state index in [1.807, 2.05) is 42.5 Å². The van der Waals surface area contributed by atoms with E-state index in [9.17, 15) is 0 Å². The Morgan fingerprint density at radius 1 is 0.152 bits per heavy atom. The van der Waals surface area contributed by atoms with Crippen LogP contribution in [-0.2, 0) is 0 Å². The standard InChI is InChI=1S/C119H73N13/c1-7-29-76(30-8-1)110-109-93-45-23-28-50-103(93)131(118(109)124-114(120-110)77-31-9-2-10-32-77)88-63-68-107-97(73-88)92-44-22-27-49-102(92)132(107)119-125-115(78-33-11-3-12-34-78)123-116(126-119)79-53-51-74(52-54-79)75-55-61-87(62-56-75)129-101-48-26-19-41-89(101)94-69-80(57-64-104(94)129)81-58-65-108-98(70-81)112-113(130(108)86-39-17-6-18-40-86)111(82-59-66-105-95(71-82)90-42-20-24-46-99(90)127(105)84-35-13-4-14-36-84)121-117(122-112)83-60-67-106-96(72-83)91-43-21-25-47-100(91)128(106)85-37-15-5-16-38-85/h1-73H. The molecule has 0 saturated carbocycles. The molecule has 0 bridgehead atoms. The summed E-state index contributed by atoms with van der Waals surface area (Å²) < 4.78 is 14.0. The van der Waals surface area contributed by atoms with Crippen LogP contribution in [0.3, 0.4) is 0 Å². The number of benzene rings is 18. The van der Waals surface area contributed by atoms with Crippen LogP contribution in [0, 0.1) is 0 Å². The molecule has 0 atom stereocenters. The number of hydrogen-bond acceptors (Lipinski definition) is 7. The molecule has 614 valence electrons. The molecule has 18 aromatic carbocycles. The monoisotopic (exact) mass is 1680 g/mol. The molecule has 0 N–H and O–H groups in total. The van der Waals surface area contributed by atoms with Crippen molar-refractivity contribution in [2.75, 3.05) is 0 Å². The van der Waals surface area contributed by atoms with Crippen molar-refractivity contribution in [3.63, 3.8) is 0 Å². The van der Waals surface area contributed by atoms with E-state index >= 15 is 0 Å². The number of nitrogens with zero attached hydrogens (tertiary/aromatic N) is 13. The van der Waals surface area contributed by atoms with Crippen LogP contribution in [-0.4, -0.2) is 62.3 Å². The van der Waals surface area contributed by atoms with Crippen LogP contribution in [0.1, 0.15) is 0 Å². The third-order valence-electron chi connectivity index (χ3n) is 26.5. The molecule has 0 unspecified atom stereocenters. The van der Waals surface area contributed by atoms with E-state index in [1.165, 1.54) is 5.39 Å². The SMILES string of the molecule is c1ccc(-c2nc(-c3ccc(-c4ccc(-n5c6ccccc6c6cc(-c7ccc8c(c7)c7nc(-c9ccc%10c(c9)c9ccccc9n%10-c9ccccc9)nc(-c9ccc%10c(c9)c9ccccc9n%10-c9ccccc9)c7n8-c7ccccc7)ccc65)cc4)cc3)nc(-n3c4ccccc4c4cc(-n5c6ccccc6c6c(-c7ccccc7)nc(-c7ccccc7)nc65)ccc43)n2)cc1. The summed E-state index contributed by atoms with van der Waals surface area (Å²) >= 11 is 0. The van der Waals surface area contributed by atoms with Gasteiger partial charge in [0.25, 0.3) is 0 Å². The van der Waals surface area contributed by atoms with Crippen molar-refractivity contribution < 1.29 is 0 Å². The molecule has 132 heavy (non-hydrogen) atoms. The van der Waals surface area contributed by atoms with Crippen molar-refractivity contribution in [1.82, 2.24) is 62.3 Å². The highest BCUT2D eigenvalue weighted by Crippen LogP contribution is 2.47. The van der Waals surface area contributed by atoms with Gasteiger partial charge >= 0.3 is 0 Å². The summed E-state index contributed by atoms with van der Waals surface area (Å²) in [6.07, 6.45) is 0. The second-order valence-corrected chi connectivity index (χ2v) is 33.9. The Hall–Kier alpha value is -18.1. The van der Waals surface area contributed by atoms with Gasteiger partial charge in [-0.3, -0.25) is 9.13 Å². The number of rotatable bonds is 14. The van der Waals surface area contributed by atoms with Gasteiger partial charge in [-0.25, -0.2) is 24.9 Å². The summed E-state index contributed by atoms with van der Waals surface area (Å²) in [5, 5.41) is 12.1. The molecule has 0 aliphatic carbocycles. The van der Waals surface area contributed by atoms with Gasteiger partial charge in [0.1, 0.15) is 11.2 Å². The zero-order chi connectivity index (χ0) is 86.6. The maximum absolute atomic E-state index is 5.83. The Morgan fingerprint density at radius 3 is 0.977 bits per heavy atom. The second-order valence-electron chi connectivity index (χ2n) is 33.9. The first-order chi connectivity index (χ1) is 65.5. The maximum Gasteiger partial charge on any atom is 0.238 e. The van der Waals surface area contributed by atoms with Crippen LogP contribution in [0.2, 0.25) is 0 Å². The number of hydrogen-bond donors (Lipinski definition) is 0. The third kappa shape index (κ3) is 11.8. The van der Waals surface area contributed by atoms with Gasteiger partial charge in [-0.1, -0.05) is 291 Å². The lowest BCUT2D eigenvalue weighted by Gasteiger charge is -2.13. The van der Waals surface area contributed by atoms with Gasteiger partial charge < -0.3 is 18.3 Å². The van der Waals surface area contributed by atoms with Gasteiger partial charge in [0, 0.05) is 116 Å². The van der Waals surface area contributed by atoms with Crippen LogP contribution in [0.4, 0.5) is 0 Å². The molecule has 9 aromatic heterocycles. The van der Waals surface area contributed by atoms with Gasteiger partial charge in [-0.2, -0.15) is 9.97 Å². The lowest BCUT2D eigenvalue weighted by Crippen LogP contribution is -2.06. The van der Waals surface area contributed by atoms with E-state index in [2.05, 4.69) is 428 Å². The molecule has 0 saturated heterocycles. The number of aromatic nitrogens is 13. The minimum Gasteiger partial charge on any atom is -0.309 e. The first-order valence-electron chi connectivity index (χ1n) is 44.6. The molecule has 13 nitrogen and oxygen atoms in total. The average molecular weight is 1680 g/mol. The fourth-order valence-electron chi connectivity index (χ4n) is 20.5. The van der Waals surface area contributed by atoms with E-state index in [-0.39, 0.29) is 0 Å². The van der Waals surface area contributed by atoms with Crippen LogP contribution >= 0.6 is 0 Å². The lowest BCUT2D eigenvalue weighted by atomic mass is 10.0. The van der Waals surface area contributed by atoms with Gasteiger partial charge in [-0.15, -0.1) is 0 Å². The van der Waals surface area contributed by atoms with Crippen molar-refractivity contribution in [2.24, 2.45) is 0 Å². The second kappa shape index (κ2) is 29.8. The molecule has 0 radical (unpaired) electrons. The summed E-state index contributed by atoms with van der Waals surface area (Å²) in [6.45, 7) is 0. The Labute approximate surface area is 755 Å². The third-order valence-corrected chi connectivity index (χ3v) is 26.5. The minimum absolute atomic E-state index is 0.512. The molecular formula is C119H73N13. The Bertz CT molecular complexity index is 9360. The molecule has 0 aliphatic heterocycles. The van der Waals surface area contributed by atoms with E-state index < -0.39 is 0 Å². The fraction of sp³-hybridized carbons (Fsp3) is 0. The summed E-state index contributed by atoms with van der Waals surface area (Å²) in [5.41, 5.74) is 30.2. The van der Waals surface area contributed by atoms with Crippen LogP contribution in [0.25, 0.3) is 256 Å². The number of fused-ring (bicyclic) bond motifs is 18.